The second kappa shape index (κ2) is 7.42. The van der Waals surface area contributed by atoms with E-state index in [-0.39, 0.29) is 0 Å². The van der Waals surface area contributed by atoms with Crippen molar-refractivity contribution in [3.63, 3.8) is 0 Å². The molecule has 0 radical (unpaired) electrons. The smallest absolute Gasteiger partial charge is 0.251 e. The SMILES string of the molecule is C(=C\c1nc(-c2cccc(CN3CCOCC3)c2)no1)/c1ncc[nH]1. The number of imidazole rings is 1. The third-order valence-corrected chi connectivity index (χ3v) is 4.04. The molecule has 0 unspecified atom stereocenters. The van der Waals surface area contributed by atoms with E-state index in [1.54, 1.807) is 24.5 Å². The first-order chi connectivity index (χ1) is 12.4. The summed E-state index contributed by atoms with van der Waals surface area (Å²) >= 11 is 0. The fraction of sp³-hybridized carbons (Fsp3) is 0.278. The summed E-state index contributed by atoms with van der Waals surface area (Å²) in [6.07, 6.45) is 7.00. The minimum atomic E-state index is 0.449. The highest BCUT2D eigenvalue weighted by molar-refractivity contribution is 5.63. The Morgan fingerprint density at radius 1 is 1.20 bits per heavy atom. The van der Waals surface area contributed by atoms with Gasteiger partial charge in [-0.2, -0.15) is 4.98 Å². The maximum absolute atomic E-state index is 5.40. The highest BCUT2D eigenvalue weighted by atomic mass is 16.5. The van der Waals surface area contributed by atoms with Crippen LogP contribution in [0.25, 0.3) is 23.5 Å². The van der Waals surface area contributed by atoms with Crippen LogP contribution in [-0.2, 0) is 11.3 Å². The van der Waals surface area contributed by atoms with Crippen LogP contribution in [0.5, 0.6) is 0 Å². The van der Waals surface area contributed by atoms with Gasteiger partial charge in [-0.15, -0.1) is 0 Å². The largest absolute Gasteiger partial charge is 0.379 e. The molecule has 1 saturated heterocycles. The van der Waals surface area contributed by atoms with Crippen molar-refractivity contribution in [3.05, 3.63) is 53.9 Å². The molecule has 7 heteroatoms. The average Bonchev–Trinajstić information content (AvgIpc) is 3.33. The van der Waals surface area contributed by atoms with E-state index in [9.17, 15) is 0 Å². The highest BCUT2D eigenvalue weighted by Gasteiger charge is 2.12. The molecule has 4 rings (SSSR count). The molecule has 3 aromatic rings. The molecule has 1 fully saturated rings. The third kappa shape index (κ3) is 4.01. The summed E-state index contributed by atoms with van der Waals surface area (Å²) in [7, 11) is 0. The van der Waals surface area contributed by atoms with E-state index in [0.717, 1.165) is 44.2 Å². The lowest BCUT2D eigenvalue weighted by molar-refractivity contribution is 0.0342. The zero-order valence-electron chi connectivity index (χ0n) is 13.8. The van der Waals surface area contributed by atoms with Gasteiger partial charge in [-0.3, -0.25) is 4.90 Å². The van der Waals surface area contributed by atoms with E-state index in [1.165, 1.54) is 5.56 Å². The number of aromatic amines is 1. The molecule has 128 valence electrons. The van der Waals surface area contributed by atoms with Crippen molar-refractivity contribution >= 4 is 12.2 Å². The van der Waals surface area contributed by atoms with Crippen LogP contribution < -0.4 is 0 Å². The number of morpholine rings is 1. The summed E-state index contributed by atoms with van der Waals surface area (Å²) in [4.78, 5) is 13.9. The van der Waals surface area contributed by atoms with E-state index in [4.69, 9.17) is 9.26 Å². The number of H-pyrrole nitrogens is 1. The zero-order valence-corrected chi connectivity index (χ0v) is 13.8. The molecule has 1 N–H and O–H groups in total. The molecule has 3 heterocycles. The Bertz CT molecular complexity index is 835. The molecule has 0 atom stereocenters. The highest BCUT2D eigenvalue weighted by Crippen LogP contribution is 2.19. The van der Waals surface area contributed by atoms with Gasteiger partial charge in [0.15, 0.2) is 0 Å². The molecule has 0 saturated carbocycles. The molecular formula is C18H19N5O2. The first-order valence-corrected chi connectivity index (χ1v) is 8.27. The molecule has 1 aliphatic heterocycles. The number of nitrogens with zero attached hydrogens (tertiary/aromatic N) is 4. The van der Waals surface area contributed by atoms with Gasteiger partial charge in [0.1, 0.15) is 5.82 Å². The predicted octanol–water partition coefficient (Wildman–Crippen LogP) is 2.46. The monoisotopic (exact) mass is 337 g/mol. The number of benzene rings is 1. The Morgan fingerprint density at radius 2 is 2.12 bits per heavy atom. The summed E-state index contributed by atoms with van der Waals surface area (Å²) < 4.78 is 10.7. The Balaban J connectivity index is 1.47. The van der Waals surface area contributed by atoms with E-state index in [0.29, 0.717) is 11.7 Å². The van der Waals surface area contributed by atoms with Gasteiger partial charge in [-0.1, -0.05) is 23.4 Å². The van der Waals surface area contributed by atoms with E-state index >= 15 is 0 Å². The topological polar surface area (TPSA) is 80.1 Å². The standard InChI is InChI=1S/C18H19N5O2/c1-2-14(13-23-8-10-24-11-9-23)12-15(3-1)18-21-17(25-22-18)5-4-16-19-6-7-20-16/h1-7,12H,8-11,13H2,(H,19,20)/b5-4+. The van der Waals surface area contributed by atoms with Crippen molar-refractivity contribution in [3.8, 4) is 11.4 Å². The number of hydrogen-bond acceptors (Lipinski definition) is 6. The minimum Gasteiger partial charge on any atom is -0.379 e. The maximum atomic E-state index is 5.40. The summed E-state index contributed by atoms with van der Waals surface area (Å²) in [5.41, 5.74) is 2.18. The van der Waals surface area contributed by atoms with Crippen molar-refractivity contribution in [1.29, 1.82) is 0 Å². The van der Waals surface area contributed by atoms with Crippen molar-refractivity contribution in [1.82, 2.24) is 25.0 Å². The van der Waals surface area contributed by atoms with E-state index < -0.39 is 0 Å². The van der Waals surface area contributed by atoms with Crippen molar-refractivity contribution in [2.24, 2.45) is 0 Å². The molecule has 7 nitrogen and oxygen atoms in total. The molecule has 0 aliphatic carbocycles. The fourth-order valence-electron chi connectivity index (χ4n) is 2.77. The van der Waals surface area contributed by atoms with E-state index in [1.807, 2.05) is 12.1 Å². The summed E-state index contributed by atoms with van der Waals surface area (Å²) in [5.74, 6) is 1.78. The number of nitrogens with one attached hydrogen (secondary N) is 1. The first-order valence-electron chi connectivity index (χ1n) is 8.27. The lowest BCUT2D eigenvalue weighted by Gasteiger charge is -2.26. The van der Waals surface area contributed by atoms with Crippen LogP contribution in [-0.4, -0.2) is 51.3 Å². The van der Waals surface area contributed by atoms with Crippen LogP contribution >= 0.6 is 0 Å². The lowest BCUT2D eigenvalue weighted by atomic mass is 10.1. The summed E-state index contributed by atoms with van der Waals surface area (Å²) in [5, 5.41) is 4.07. The number of aromatic nitrogens is 4. The van der Waals surface area contributed by atoms with E-state index in [2.05, 4.69) is 37.1 Å². The third-order valence-electron chi connectivity index (χ3n) is 4.04. The molecule has 1 aliphatic rings. The van der Waals surface area contributed by atoms with Gasteiger partial charge in [0, 0.05) is 43.7 Å². The zero-order chi connectivity index (χ0) is 16.9. The molecule has 2 aromatic heterocycles. The minimum absolute atomic E-state index is 0.449. The van der Waals surface area contributed by atoms with Gasteiger partial charge in [0.25, 0.3) is 5.89 Å². The van der Waals surface area contributed by atoms with Crippen molar-refractivity contribution in [2.45, 2.75) is 6.54 Å². The Kier molecular flexibility index (Phi) is 4.67. The maximum Gasteiger partial charge on any atom is 0.251 e. The predicted molar refractivity (Wildman–Crippen MR) is 93.3 cm³/mol. The van der Waals surface area contributed by atoms with Crippen LogP contribution in [0.3, 0.4) is 0 Å². The second-order valence-electron chi connectivity index (χ2n) is 5.85. The Morgan fingerprint density at radius 3 is 2.96 bits per heavy atom. The Labute approximate surface area is 145 Å². The van der Waals surface area contributed by atoms with Crippen LogP contribution in [0.2, 0.25) is 0 Å². The summed E-state index contributed by atoms with van der Waals surface area (Å²) in [6, 6.07) is 8.25. The lowest BCUT2D eigenvalue weighted by Crippen LogP contribution is -2.35. The van der Waals surface area contributed by atoms with Crippen molar-refractivity contribution < 1.29 is 9.26 Å². The number of hydrogen-bond donors (Lipinski definition) is 1. The normalized spacial score (nSPS) is 15.8. The van der Waals surface area contributed by atoms with Gasteiger partial charge in [-0.25, -0.2) is 4.98 Å². The van der Waals surface area contributed by atoms with Gasteiger partial charge in [-0.05, 0) is 17.7 Å². The first kappa shape index (κ1) is 15.7. The van der Waals surface area contributed by atoms with Crippen molar-refractivity contribution in [2.75, 3.05) is 26.3 Å². The van der Waals surface area contributed by atoms with Gasteiger partial charge >= 0.3 is 0 Å². The van der Waals surface area contributed by atoms with Gasteiger partial charge in [0.05, 0.1) is 13.2 Å². The molecular weight excluding hydrogens is 318 g/mol. The molecule has 25 heavy (non-hydrogen) atoms. The second-order valence-corrected chi connectivity index (χ2v) is 5.85. The van der Waals surface area contributed by atoms with Crippen LogP contribution in [0.4, 0.5) is 0 Å². The van der Waals surface area contributed by atoms with Crippen LogP contribution in [0, 0.1) is 0 Å². The molecule has 1 aromatic carbocycles. The summed E-state index contributed by atoms with van der Waals surface area (Å²) in [6.45, 7) is 4.44. The molecule has 0 bridgehead atoms. The molecule has 0 spiro atoms. The van der Waals surface area contributed by atoms with Gasteiger partial charge in [0.2, 0.25) is 5.82 Å². The van der Waals surface area contributed by atoms with Gasteiger partial charge < -0.3 is 14.2 Å². The quantitative estimate of drug-likeness (QED) is 0.770. The Hall–Kier alpha value is -2.77. The number of ether oxygens (including phenoxy) is 1. The number of rotatable bonds is 5. The average molecular weight is 337 g/mol. The molecule has 0 amide bonds. The van der Waals surface area contributed by atoms with Crippen LogP contribution in [0.15, 0.2) is 41.2 Å². The van der Waals surface area contributed by atoms with Crippen LogP contribution in [0.1, 0.15) is 17.3 Å². The fourth-order valence-corrected chi connectivity index (χ4v) is 2.77.